The van der Waals surface area contributed by atoms with Crippen molar-refractivity contribution in [2.75, 3.05) is 13.6 Å². The molecule has 1 aromatic carbocycles. The smallest absolute Gasteiger partial charge is 0.207 e. The van der Waals surface area contributed by atoms with Gasteiger partial charge in [-0.15, -0.1) is 0 Å². The van der Waals surface area contributed by atoms with Crippen LogP contribution in [0.25, 0.3) is 0 Å². The summed E-state index contributed by atoms with van der Waals surface area (Å²) >= 11 is 0. The van der Waals surface area contributed by atoms with E-state index in [1.165, 1.54) is 16.4 Å². The van der Waals surface area contributed by atoms with Gasteiger partial charge in [-0.2, -0.15) is 0 Å². The van der Waals surface area contributed by atoms with E-state index in [4.69, 9.17) is 0 Å². The van der Waals surface area contributed by atoms with Crippen molar-refractivity contribution < 1.29 is 12.8 Å². The van der Waals surface area contributed by atoms with E-state index in [1.54, 1.807) is 7.05 Å². The Balaban J connectivity index is 2.84. The molecule has 0 atom stereocenters. The summed E-state index contributed by atoms with van der Waals surface area (Å²) in [6.07, 6.45) is 0.803. The van der Waals surface area contributed by atoms with Crippen molar-refractivity contribution >= 4 is 10.0 Å². The molecule has 17 heavy (non-hydrogen) atoms. The summed E-state index contributed by atoms with van der Waals surface area (Å²) in [5.74, 6) is 0.00894. The van der Waals surface area contributed by atoms with Gasteiger partial charge in [0.25, 0.3) is 0 Å². The van der Waals surface area contributed by atoms with E-state index in [1.807, 2.05) is 13.8 Å². The van der Waals surface area contributed by atoms with E-state index in [9.17, 15) is 12.8 Å². The first kappa shape index (κ1) is 14.1. The highest BCUT2D eigenvalue weighted by atomic mass is 32.2. The van der Waals surface area contributed by atoms with Gasteiger partial charge in [-0.1, -0.05) is 13.8 Å². The van der Waals surface area contributed by atoms with Crippen molar-refractivity contribution in [2.24, 2.45) is 5.92 Å². The van der Waals surface area contributed by atoms with Crippen LogP contribution in [0.1, 0.15) is 20.3 Å². The zero-order valence-electron chi connectivity index (χ0n) is 10.4. The Morgan fingerprint density at radius 2 is 1.76 bits per heavy atom. The summed E-state index contributed by atoms with van der Waals surface area (Å²) in [5, 5.41) is 0. The van der Waals surface area contributed by atoms with Gasteiger partial charge in [0.05, 0.1) is 4.90 Å². The van der Waals surface area contributed by atoms with Crippen LogP contribution in [0, 0.1) is 11.7 Å². The zero-order valence-corrected chi connectivity index (χ0v) is 11.2. The molecule has 0 fully saturated rings. The quantitative estimate of drug-likeness (QED) is 0.814. The Kier molecular flexibility index (Phi) is 4.65. The van der Waals surface area contributed by atoms with Crippen LogP contribution in [0.15, 0.2) is 29.2 Å². The summed E-state index contributed by atoms with van der Waals surface area (Å²) in [7, 11) is -1.94. The Morgan fingerprint density at radius 3 is 2.24 bits per heavy atom. The minimum Gasteiger partial charge on any atom is -0.207 e. The number of nitrogens with zero attached hydrogens (tertiary/aromatic N) is 1. The molecule has 5 heteroatoms. The average Bonchev–Trinajstić information content (AvgIpc) is 2.26. The van der Waals surface area contributed by atoms with Crippen molar-refractivity contribution in [1.82, 2.24) is 4.31 Å². The number of hydrogen-bond donors (Lipinski definition) is 0. The molecule has 3 nitrogen and oxygen atoms in total. The van der Waals surface area contributed by atoms with Crippen LogP contribution in [0.4, 0.5) is 4.39 Å². The lowest BCUT2D eigenvalue weighted by Gasteiger charge is -2.18. The van der Waals surface area contributed by atoms with E-state index in [2.05, 4.69) is 0 Å². The van der Waals surface area contributed by atoms with Crippen LogP contribution in [0.2, 0.25) is 0 Å². The molecule has 0 saturated heterocycles. The average molecular weight is 259 g/mol. The van der Waals surface area contributed by atoms with Crippen LogP contribution in [-0.2, 0) is 10.0 Å². The molecule has 0 bridgehead atoms. The third kappa shape index (κ3) is 3.78. The first-order valence-corrected chi connectivity index (χ1v) is 7.00. The minimum atomic E-state index is -3.48. The third-order valence-corrected chi connectivity index (χ3v) is 4.41. The lowest BCUT2D eigenvalue weighted by atomic mass is 10.1. The van der Waals surface area contributed by atoms with E-state index in [-0.39, 0.29) is 4.90 Å². The maximum atomic E-state index is 12.7. The fraction of sp³-hybridized carbons (Fsp3) is 0.500. The fourth-order valence-electron chi connectivity index (χ4n) is 1.35. The summed E-state index contributed by atoms with van der Waals surface area (Å²) < 4.78 is 38.1. The van der Waals surface area contributed by atoms with Crippen LogP contribution in [-0.4, -0.2) is 26.3 Å². The Labute approximate surface area is 102 Å². The topological polar surface area (TPSA) is 37.4 Å². The summed E-state index contributed by atoms with van der Waals surface area (Å²) in [4.78, 5) is 0.130. The first-order valence-electron chi connectivity index (χ1n) is 5.56. The van der Waals surface area contributed by atoms with Crippen molar-refractivity contribution in [2.45, 2.75) is 25.2 Å². The van der Waals surface area contributed by atoms with Gasteiger partial charge < -0.3 is 0 Å². The first-order chi connectivity index (χ1) is 7.84. The van der Waals surface area contributed by atoms with E-state index < -0.39 is 15.8 Å². The molecule has 0 saturated carbocycles. The second-order valence-corrected chi connectivity index (χ2v) is 6.51. The van der Waals surface area contributed by atoms with Gasteiger partial charge in [0, 0.05) is 13.6 Å². The molecule has 0 radical (unpaired) electrons. The molecule has 0 aliphatic carbocycles. The number of hydrogen-bond acceptors (Lipinski definition) is 2. The molecule has 0 aliphatic heterocycles. The zero-order chi connectivity index (χ0) is 13.1. The predicted octanol–water partition coefficient (Wildman–Crippen LogP) is 2.49. The van der Waals surface area contributed by atoms with Crippen LogP contribution in [0.3, 0.4) is 0 Å². The third-order valence-electron chi connectivity index (χ3n) is 2.54. The monoisotopic (exact) mass is 259 g/mol. The highest BCUT2D eigenvalue weighted by Crippen LogP contribution is 2.15. The van der Waals surface area contributed by atoms with E-state index in [0.29, 0.717) is 12.5 Å². The SMILES string of the molecule is CC(C)CCN(C)S(=O)(=O)c1ccc(F)cc1. The molecule has 0 heterocycles. The molecular weight excluding hydrogens is 241 g/mol. The molecule has 96 valence electrons. The molecule has 0 N–H and O–H groups in total. The van der Waals surface area contributed by atoms with Crippen molar-refractivity contribution in [3.05, 3.63) is 30.1 Å². The lowest BCUT2D eigenvalue weighted by molar-refractivity contribution is 0.428. The maximum Gasteiger partial charge on any atom is 0.242 e. The number of benzene rings is 1. The van der Waals surface area contributed by atoms with Crippen LogP contribution < -0.4 is 0 Å². The second-order valence-electron chi connectivity index (χ2n) is 4.46. The van der Waals surface area contributed by atoms with Gasteiger partial charge in [0.15, 0.2) is 0 Å². The Bertz CT molecular complexity index is 454. The van der Waals surface area contributed by atoms with Crippen LogP contribution in [0.5, 0.6) is 0 Å². The van der Waals surface area contributed by atoms with E-state index >= 15 is 0 Å². The molecule has 0 aromatic heterocycles. The summed E-state index contributed by atoms with van der Waals surface area (Å²) in [5.41, 5.74) is 0. The van der Waals surface area contributed by atoms with Gasteiger partial charge in [-0.3, -0.25) is 0 Å². The highest BCUT2D eigenvalue weighted by molar-refractivity contribution is 7.89. The Morgan fingerprint density at radius 1 is 1.24 bits per heavy atom. The standard InChI is InChI=1S/C12H18FNO2S/c1-10(2)8-9-14(3)17(15,16)12-6-4-11(13)5-7-12/h4-7,10H,8-9H2,1-3H3. The van der Waals surface area contributed by atoms with Crippen molar-refractivity contribution in [3.63, 3.8) is 0 Å². The molecule has 1 aromatic rings. The minimum absolute atomic E-state index is 0.130. The van der Waals surface area contributed by atoms with Crippen molar-refractivity contribution in [1.29, 1.82) is 0 Å². The predicted molar refractivity (Wildman–Crippen MR) is 65.7 cm³/mol. The Hall–Kier alpha value is -0.940. The largest absolute Gasteiger partial charge is 0.242 e. The van der Waals surface area contributed by atoms with E-state index in [0.717, 1.165) is 18.6 Å². The number of rotatable bonds is 5. The maximum absolute atomic E-state index is 12.7. The summed E-state index contributed by atoms with van der Waals surface area (Å²) in [6.45, 7) is 4.55. The molecule has 0 unspecified atom stereocenters. The van der Waals surface area contributed by atoms with Gasteiger partial charge >= 0.3 is 0 Å². The van der Waals surface area contributed by atoms with Crippen molar-refractivity contribution in [3.8, 4) is 0 Å². The van der Waals surface area contributed by atoms with Gasteiger partial charge in [-0.25, -0.2) is 17.1 Å². The van der Waals surface area contributed by atoms with Gasteiger partial charge in [0.1, 0.15) is 5.82 Å². The fourth-order valence-corrected chi connectivity index (χ4v) is 2.53. The van der Waals surface area contributed by atoms with Crippen LogP contribution >= 0.6 is 0 Å². The molecule has 0 aliphatic rings. The normalized spacial score (nSPS) is 12.4. The number of sulfonamides is 1. The van der Waals surface area contributed by atoms with Gasteiger partial charge in [0.2, 0.25) is 10.0 Å². The second kappa shape index (κ2) is 5.60. The molecule has 0 amide bonds. The highest BCUT2D eigenvalue weighted by Gasteiger charge is 2.20. The number of halogens is 1. The molecule has 1 rings (SSSR count). The van der Waals surface area contributed by atoms with Gasteiger partial charge in [-0.05, 0) is 36.6 Å². The molecular formula is C12H18FNO2S. The lowest BCUT2D eigenvalue weighted by Crippen LogP contribution is -2.28. The molecule has 0 spiro atoms. The summed E-state index contributed by atoms with van der Waals surface area (Å²) in [6, 6.07) is 4.89.